The Hall–Kier alpha value is -3.17. The SMILES string of the molecule is N=C/C(=C\NC(Cc1ncc[nH]1)C(F)(F)F)c1ncnc2[nH]ccc12. The normalized spacial score (nSPS) is 13.8. The topological polar surface area (TPSA) is 106 Å². The van der Waals surface area contributed by atoms with Gasteiger partial charge in [0.25, 0.3) is 0 Å². The molecule has 130 valence electrons. The van der Waals surface area contributed by atoms with Crippen LogP contribution in [0.1, 0.15) is 11.5 Å². The number of aromatic nitrogens is 5. The highest BCUT2D eigenvalue weighted by Crippen LogP contribution is 2.24. The summed E-state index contributed by atoms with van der Waals surface area (Å²) in [5, 5.41) is 10.5. The van der Waals surface area contributed by atoms with Crippen molar-refractivity contribution in [1.82, 2.24) is 30.2 Å². The van der Waals surface area contributed by atoms with Gasteiger partial charge in [-0.05, 0) is 6.07 Å². The Morgan fingerprint density at radius 3 is 2.76 bits per heavy atom. The molecule has 0 spiro atoms. The molecule has 3 aromatic rings. The Labute approximate surface area is 139 Å². The van der Waals surface area contributed by atoms with Crippen LogP contribution < -0.4 is 5.32 Å². The van der Waals surface area contributed by atoms with E-state index in [-0.39, 0.29) is 17.8 Å². The first-order valence-electron chi connectivity index (χ1n) is 7.29. The van der Waals surface area contributed by atoms with Gasteiger partial charge in [-0.2, -0.15) is 13.2 Å². The lowest BCUT2D eigenvalue weighted by atomic mass is 10.1. The molecule has 3 aromatic heterocycles. The Balaban J connectivity index is 1.88. The molecule has 3 rings (SSSR count). The van der Waals surface area contributed by atoms with Crippen molar-refractivity contribution in [3.63, 3.8) is 0 Å². The van der Waals surface area contributed by atoms with Crippen LogP contribution in [0.5, 0.6) is 0 Å². The lowest BCUT2D eigenvalue weighted by Gasteiger charge is -2.20. The van der Waals surface area contributed by atoms with Crippen LogP contribution in [0.2, 0.25) is 0 Å². The Bertz CT molecular complexity index is 880. The maximum absolute atomic E-state index is 13.3. The highest BCUT2D eigenvalue weighted by Gasteiger charge is 2.39. The number of hydrogen-bond donors (Lipinski definition) is 4. The van der Waals surface area contributed by atoms with Crippen molar-refractivity contribution >= 4 is 22.8 Å². The second-order valence-corrected chi connectivity index (χ2v) is 5.21. The number of hydrogen-bond acceptors (Lipinski definition) is 5. The molecular formula is C15H14F3N7. The Morgan fingerprint density at radius 1 is 1.24 bits per heavy atom. The number of nitrogens with zero attached hydrogens (tertiary/aromatic N) is 3. The highest BCUT2D eigenvalue weighted by molar-refractivity contribution is 6.11. The van der Waals surface area contributed by atoms with Crippen molar-refractivity contribution in [2.24, 2.45) is 0 Å². The van der Waals surface area contributed by atoms with Crippen LogP contribution in [0.3, 0.4) is 0 Å². The van der Waals surface area contributed by atoms with Crippen molar-refractivity contribution in [1.29, 1.82) is 5.41 Å². The van der Waals surface area contributed by atoms with E-state index in [1.54, 1.807) is 12.3 Å². The van der Waals surface area contributed by atoms with Crippen LogP contribution >= 0.6 is 0 Å². The van der Waals surface area contributed by atoms with Gasteiger partial charge in [0.1, 0.15) is 23.8 Å². The molecule has 0 saturated carbocycles. The monoisotopic (exact) mass is 349 g/mol. The molecular weight excluding hydrogens is 335 g/mol. The lowest BCUT2D eigenvalue weighted by Crippen LogP contribution is -2.41. The van der Waals surface area contributed by atoms with E-state index >= 15 is 0 Å². The number of rotatable bonds is 6. The molecule has 0 aromatic carbocycles. The molecule has 7 nitrogen and oxygen atoms in total. The molecule has 0 aliphatic rings. The summed E-state index contributed by atoms with van der Waals surface area (Å²) in [5.41, 5.74) is 1.12. The smallest absolute Gasteiger partial charge is 0.379 e. The molecule has 25 heavy (non-hydrogen) atoms. The quantitative estimate of drug-likeness (QED) is 0.513. The van der Waals surface area contributed by atoms with E-state index in [1.807, 2.05) is 0 Å². The summed E-state index contributed by atoms with van der Waals surface area (Å²) >= 11 is 0. The van der Waals surface area contributed by atoms with Gasteiger partial charge in [0.15, 0.2) is 0 Å². The van der Waals surface area contributed by atoms with Crippen molar-refractivity contribution < 1.29 is 13.2 Å². The van der Waals surface area contributed by atoms with Crippen molar-refractivity contribution in [2.45, 2.75) is 18.6 Å². The molecule has 0 fully saturated rings. The second-order valence-electron chi connectivity index (χ2n) is 5.21. The summed E-state index contributed by atoms with van der Waals surface area (Å²) in [4.78, 5) is 17.5. The molecule has 0 radical (unpaired) electrons. The van der Waals surface area contributed by atoms with Gasteiger partial charge in [-0.25, -0.2) is 15.0 Å². The van der Waals surface area contributed by atoms with Gasteiger partial charge in [0, 0.05) is 48.4 Å². The Morgan fingerprint density at radius 2 is 2.08 bits per heavy atom. The van der Waals surface area contributed by atoms with Gasteiger partial charge in [-0.15, -0.1) is 0 Å². The third-order valence-electron chi connectivity index (χ3n) is 3.57. The van der Waals surface area contributed by atoms with Crippen LogP contribution in [-0.2, 0) is 6.42 Å². The summed E-state index contributed by atoms with van der Waals surface area (Å²) < 4.78 is 39.8. The van der Waals surface area contributed by atoms with Gasteiger partial charge in [-0.3, -0.25) is 0 Å². The van der Waals surface area contributed by atoms with Crippen LogP contribution in [0, 0.1) is 5.41 Å². The van der Waals surface area contributed by atoms with E-state index in [4.69, 9.17) is 5.41 Å². The third kappa shape index (κ3) is 3.67. The zero-order valence-corrected chi connectivity index (χ0v) is 12.8. The maximum atomic E-state index is 13.3. The van der Waals surface area contributed by atoms with E-state index in [0.717, 1.165) is 12.4 Å². The third-order valence-corrected chi connectivity index (χ3v) is 3.57. The fourth-order valence-electron chi connectivity index (χ4n) is 2.34. The summed E-state index contributed by atoms with van der Waals surface area (Å²) in [6.45, 7) is 0. The first-order chi connectivity index (χ1) is 12.0. The molecule has 1 atom stereocenters. The molecule has 0 aliphatic carbocycles. The standard InChI is InChI=1S/C15H14F3N7/c16-15(17,18)11(5-12-20-3-4-21-12)23-7-9(6-19)13-10-1-2-22-14(10)25-8-24-13/h1-4,6-8,11,19,23H,5H2,(H,20,21)(H,22,24,25)/b9-7+,19-6?. The van der Waals surface area contributed by atoms with Gasteiger partial charge >= 0.3 is 6.18 Å². The first kappa shape index (κ1) is 16.7. The minimum absolute atomic E-state index is 0.209. The number of H-pyrrole nitrogens is 2. The summed E-state index contributed by atoms with van der Waals surface area (Å²) in [6, 6.07) is -0.149. The number of halogens is 3. The molecule has 3 heterocycles. The number of alkyl halides is 3. The number of aromatic amines is 2. The van der Waals surface area contributed by atoms with Crippen molar-refractivity contribution in [3.8, 4) is 0 Å². The van der Waals surface area contributed by atoms with Gasteiger partial charge in [-0.1, -0.05) is 0 Å². The number of allylic oxidation sites excluding steroid dienone is 1. The van der Waals surface area contributed by atoms with E-state index in [0.29, 0.717) is 16.7 Å². The largest absolute Gasteiger partial charge is 0.408 e. The molecule has 0 aliphatic heterocycles. The molecule has 0 amide bonds. The predicted octanol–water partition coefficient (Wildman–Crippen LogP) is 2.43. The van der Waals surface area contributed by atoms with Crippen LogP contribution in [0.15, 0.2) is 37.2 Å². The zero-order valence-electron chi connectivity index (χ0n) is 12.8. The maximum Gasteiger partial charge on any atom is 0.408 e. The average molecular weight is 349 g/mol. The van der Waals surface area contributed by atoms with E-state index in [1.165, 1.54) is 18.7 Å². The molecule has 4 N–H and O–H groups in total. The molecule has 0 bridgehead atoms. The summed E-state index contributed by atoms with van der Waals surface area (Å²) in [5.74, 6) is 0.217. The fourth-order valence-corrected chi connectivity index (χ4v) is 2.34. The van der Waals surface area contributed by atoms with Gasteiger partial charge < -0.3 is 20.7 Å². The van der Waals surface area contributed by atoms with E-state index in [2.05, 4.69) is 30.2 Å². The highest BCUT2D eigenvalue weighted by atomic mass is 19.4. The number of fused-ring (bicyclic) bond motifs is 1. The number of imidazole rings is 1. The Kier molecular flexibility index (Phi) is 4.50. The van der Waals surface area contributed by atoms with E-state index in [9.17, 15) is 13.2 Å². The van der Waals surface area contributed by atoms with Crippen molar-refractivity contribution in [2.75, 3.05) is 0 Å². The minimum Gasteiger partial charge on any atom is -0.379 e. The van der Waals surface area contributed by atoms with Crippen LogP contribution in [-0.4, -0.2) is 43.4 Å². The van der Waals surface area contributed by atoms with E-state index < -0.39 is 12.2 Å². The van der Waals surface area contributed by atoms with Gasteiger partial charge in [0.05, 0.1) is 5.69 Å². The fraction of sp³-hybridized carbons (Fsp3) is 0.200. The van der Waals surface area contributed by atoms with Crippen LogP contribution in [0.4, 0.5) is 13.2 Å². The summed E-state index contributed by atoms with van der Waals surface area (Å²) in [6.07, 6.45) is 3.04. The molecule has 10 heteroatoms. The molecule has 1 unspecified atom stereocenters. The number of nitrogens with one attached hydrogen (secondary N) is 4. The van der Waals surface area contributed by atoms with Crippen LogP contribution in [0.25, 0.3) is 16.6 Å². The first-order valence-corrected chi connectivity index (χ1v) is 7.29. The summed E-state index contributed by atoms with van der Waals surface area (Å²) in [7, 11) is 0. The minimum atomic E-state index is -4.48. The van der Waals surface area contributed by atoms with Gasteiger partial charge in [0.2, 0.25) is 0 Å². The molecule has 0 saturated heterocycles. The second kappa shape index (κ2) is 6.75. The average Bonchev–Trinajstić information content (AvgIpc) is 3.24. The predicted molar refractivity (Wildman–Crippen MR) is 85.9 cm³/mol. The zero-order chi connectivity index (χ0) is 17.9. The van der Waals surface area contributed by atoms with Crippen molar-refractivity contribution in [3.05, 3.63) is 48.7 Å². The lowest BCUT2D eigenvalue weighted by molar-refractivity contribution is -0.153.